The van der Waals surface area contributed by atoms with E-state index >= 15 is 0 Å². The molecule has 1 amide bonds. The summed E-state index contributed by atoms with van der Waals surface area (Å²) in [5.41, 5.74) is 0. The third-order valence-electron chi connectivity index (χ3n) is 12.1. The van der Waals surface area contributed by atoms with E-state index in [0.717, 1.165) is 44.9 Å². The average molecular weight is 826 g/mol. The van der Waals surface area contributed by atoms with E-state index < -0.39 is 49.5 Å². The molecule has 7 atom stereocenters. The number of rotatable bonds is 42. The highest BCUT2D eigenvalue weighted by atomic mass is 16.7. The van der Waals surface area contributed by atoms with Crippen LogP contribution in [0.3, 0.4) is 0 Å². The zero-order valence-corrected chi connectivity index (χ0v) is 37.8. The number of hydrogen-bond donors (Lipinski definition) is 6. The fourth-order valence-corrected chi connectivity index (χ4v) is 8.10. The fraction of sp³-hybridized carbons (Fsp3) is 0.939. The molecule has 1 heterocycles. The summed E-state index contributed by atoms with van der Waals surface area (Å²) in [6, 6.07) is -0.796. The summed E-state index contributed by atoms with van der Waals surface area (Å²) < 4.78 is 11.1. The van der Waals surface area contributed by atoms with Crippen LogP contribution in [0.5, 0.6) is 0 Å². The molecular weight excluding hydrogens is 731 g/mol. The third kappa shape index (κ3) is 30.0. The lowest BCUT2D eigenvalue weighted by atomic mass is 9.99. The Morgan fingerprint density at radius 2 is 0.948 bits per heavy atom. The minimum Gasteiger partial charge on any atom is -0.394 e. The van der Waals surface area contributed by atoms with E-state index in [-0.39, 0.29) is 12.5 Å². The van der Waals surface area contributed by atoms with E-state index in [1.165, 1.54) is 173 Å². The summed E-state index contributed by atoms with van der Waals surface area (Å²) in [6.07, 6.45) is 40.4. The van der Waals surface area contributed by atoms with Crippen molar-refractivity contribution in [3.05, 3.63) is 12.2 Å². The molecular formula is C49H95NO8. The summed E-state index contributed by atoms with van der Waals surface area (Å²) in [5, 5.41) is 53.8. The maximum absolute atomic E-state index is 12.9. The molecule has 0 aromatic rings. The molecule has 1 fully saturated rings. The third-order valence-corrected chi connectivity index (χ3v) is 12.1. The van der Waals surface area contributed by atoms with Gasteiger partial charge in [-0.05, 0) is 19.3 Å². The van der Waals surface area contributed by atoms with Gasteiger partial charge in [0.15, 0.2) is 6.29 Å². The predicted molar refractivity (Wildman–Crippen MR) is 240 cm³/mol. The van der Waals surface area contributed by atoms with Crippen molar-refractivity contribution in [3.63, 3.8) is 0 Å². The number of allylic oxidation sites excluding steroid dienone is 1. The van der Waals surface area contributed by atoms with Crippen LogP contribution in [0.1, 0.15) is 239 Å². The van der Waals surface area contributed by atoms with E-state index in [1.807, 2.05) is 6.08 Å². The maximum Gasteiger partial charge on any atom is 0.220 e. The minimum atomic E-state index is -1.56. The van der Waals surface area contributed by atoms with E-state index in [4.69, 9.17) is 9.47 Å². The number of ether oxygens (including phenoxy) is 2. The molecule has 0 aromatic heterocycles. The van der Waals surface area contributed by atoms with Crippen molar-refractivity contribution >= 4 is 5.91 Å². The molecule has 1 aliphatic heterocycles. The molecule has 0 bridgehead atoms. The molecule has 1 rings (SSSR count). The number of carbonyl (C=O) groups excluding carboxylic acids is 1. The highest BCUT2D eigenvalue weighted by Crippen LogP contribution is 2.23. The largest absolute Gasteiger partial charge is 0.394 e. The van der Waals surface area contributed by atoms with Crippen LogP contribution in [-0.2, 0) is 14.3 Å². The Kier molecular flexibility index (Phi) is 37.9. The number of unbranched alkanes of at least 4 members (excludes halogenated alkanes) is 32. The molecule has 0 radical (unpaired) electrons. The van der Waals surface area contributed by atoms with Gasteiger partial charge in [0.05, 0.1) is 25.4 Å². The van der Waals surface area contributed by atoms with Crippen LogP contribution in [0.4, 0.5) is 0 Å². The van der Waals surface area contributed by atoms with Crippen LogP contribution in [0.25, 0.3) is 0 Å². The quantitative estimate of drug-likeness (QED) is 0.0263. The van der Waals surface area contributed by atoms with E-state index in [1.54, 1.807) is 6.08 Å². The monoisotopic (exact) mass is 826 g/mol. The molecule has 9 heteroatoms. The van der Waals surface area contributed by atoms with Gasteiger partial charge in [-0.1, -0.05) is 225 Å². The molecule has 0 spiro atoms. The molecule has 9 nitrogen and oxygen atoms in total. The van der Waals surface area contributed by atoms with Crippen molar-refractivity contribution in [2.24, 2.45) is 0 Å². The van der Waals surface area contributed by atoms with Crippen molar-refractivity contribution in [3.8, 4) is 0 Å². The summed E-state index contributed by atoms with van der Waals surface area (Å²) in [4.78, 5) is 12.9. The second-order valence-electron chi connectivity index (χ2n) is 17.6. The second kappa shape index (κ2) is 40.0. The number of carbonyl (C=O) groups is 1. The standard InChI is InChI=1S/C49H95NO8/c1-3-5-7-9-11-12-13-14-15-16-17-18-19-20-21-22-23-24-25-26-27-28-29-30-31-32-33-35-37-39-45(53)50-42(43(52)38-36-34-10-8-6-4-2)41-57-49-48(56)47(55)46(54)44(40-51)58-49/h36,38,42-44,46-49,51-52,54-56H,3-35,37,39-41H2,1-2H3,(H,50,53)/b38-36+. The first-order valence-electron chi connectivity index (χ1n) is 24.9. The van der Waals surface area contributed by atoms with Crippen LogP contribution in [0.2, 0.25) is 0 Å². The smallest absolute Gasteiger partial charge is 0.220 e. The first-order chi connectivity index (χ1) is 28.3. The Morgan fingerprint density at radius 1 is 0.569 bits per heavy atom. The Morgan fingerprint density at radius 3 is 1.34 bits per heavy atom. The molecule has 0 aliphatic carbocycles. The second-order valence-corrected chi connectivity index (χ2v) is 17.6. The fourth-order valence-electron chi connectivity index (χ4n) is 8.10. The summed E-state index contributed by atoms with van der Waals surface area (Å²) in [7, 11) is 0. The molecule has 1 aliphatic rings. The highest BCUT2D eigenvalue weighted by Gasteiger charge is 2.44. The predicted octanol–water partition coefficient (Wildman–Crippen LogP) is 10.9. The summed E-state index contributed by atoms with van der Waals surface area (Å²) in [6.45, 7) is 3.71. The highest BCUT2D eigenvalue weighted by molar-refractivity contribution is 5.76. The molecule has 344 valence electrons. The zero-order chi connectivity index (χ0) is 42.3. The average Bonchev–Trinajstić information content (AvgIpc) is 3.22. The first kappa shape index (κ1) is 54.9. The number of aliphatic hydroxyl groups is 5. The lowest BCUT2D eigenvalue weighted by Crippen LogP contribution is -2.60. The normalized spacial score (nSPS) is 20.8. The van der Waals surface area contributed by atoms with E-state index in [2.05, 4.69) is 19.2 Å². The van der Waals surface area contributed by atoms with Gasteiger partial charge in [-0.15, -0.1) is 0 Å². The number of aliphatic hydroxyl groups excluding tert-OH is 5. The van der Waals surface area contributed by atoms with Crippen molar-refractivity contribution in [2.75, 3.05) is 13.2 Å². The summed E-state index contributed by atoms with van der Waals surface area (Å²) in [5.74, 6) is -0.178. The molecule has 0 aromatic carbocycles. The van der Waals surface area contributed by atoms with Gasteiger partial charge in [0.2, 0.25) is 5.91 Å². The lowest BCUT2D eigenvalue weighted by Gasteiger charge is -2.40. The molecule has 6 N–H and O–H groups in total. The van der Waals surface area contributed by atoms with Gasteiger partial charge in [0.1, 0.15) is 24.4 Å². The Hall–Kier alpha value is -1.07. The Bertz CT molecular complexity index is 919. The topological polar surface area (TPSA) is 149 Å². The van der Waals surface area contributed by atoms with Crippen LogP contribution in [-0.4, -0.2) is 87.5 Å². The van der Waals surface area contributed by atoms with Crippen molar-refractivity contribution in [1.82, 2.24) is 5.32 Å². The van der Waals surface area contributed by atoms with E-state index in [0.29, 0.717) is 6.42 Å². The first-order valence-corrected chi connectivity index (χ1v) is 24.9. The summed E-state index contributed by atoms with van der Waals surface area (Å²) >= 11 is 0. The molecule has 0 saturated carbocycles. The molecule has 7 unspecified atom stereocenters. The Balaban J connectivity index is 2.05. The van der Waals surface area contributed by atoms with Crippen LogP contribution in [0, 0.1) is 0 Å². The molecule has 1 saturated heterocycles. The number of amides is 1. The SMILES string of the molecule is CCCCCC/C=C/C(O)C(COC1OC(CO)C(O)C(O)C1O)NC(=O)CCCCCCCCCCCCCCCCCCCCCCCCCCCCCCC. The number of hydrogen-bond acceptors (Lipinski definition) is 8. The van der Waals surface area contributed by atoms with Crippen molar-refractivity contribution in [1.29, 1.82) is 0 Å². The van der Waals surface area contributed by atoms with Crippen LogP contribution in [0.15, 0.2) is 12.2 Å². The van der Waals surface area contributed by atoms with Gasteiger partial charge in [-0.3, -0.25) is 4.79 Å². The van der Waals surface area contributed by atoms with Crippen molar-refractivity contribution < 1.29 is 39.8 Å². The van der Waals surface area contributed by atoms with Gasteiger partial charge < -0.3 is 40.3 Å². The van der Waals surface area contributed by atoms with E-state index in [9.17, 15) is 30.3 Å². The Labute approximate surface area is 356 Å². The van der Waals surface area contributed by atoms with Crippen molar-refractivity contribution in [2.45, 2.75) is 281 Å². The number of nitrogens with one attached hydrogen (secondary N) is 1. The van der Waals surface area contributed by atoms with Crippen LogP contribution >= 0.6 is 0 Å². The maximum atomic E-state index is 12.9. The van der Waals surface area contributed by atoms with Crippen LogP contribution < -0.4 is 5.32 Å². The van der Waals surface area contributed by atoms with Gasteiger partial charge in [0, 0.05) is 6.42 Å². The van der Waals surface area contributed by atoms with Gasteiger partial charge in [-0.25, -0.2) is 0 Å². The molecule has 58 heavy (non-hydrogen) atoms. The van der Waals surface area contributed by atoms with Gasteiger partial charge >= 0.3 is 0 Å². The zero-order valence-electron chi connectivity index (χ0n) is 37.8. The van der Waals surface area contributed by atoms with Gasteiger partial charge in [-0.2, -0.15) is 0 Å². The minimum absolute atomic E-state index is 0.178. The van der Waals surface area contributed by atoms with Gasteiger partial charge in [0.25, 0.3) is 0 Å². The lowest BCUT2D eigenvalue weighted by molar-refractivity contribution is -0.302.